The second kappa shape index (κ2) is 17.9. The van der Waals surface area contributed by atoms with Crippen LogP contribution in [-0.2, 0) is 46.9 Å². The van der Waals surface area contributed by atoms with Crippen LogP contribution >= 0.6 is 0 Å². The lowest BCUT2D eigenvalue weighted by molar-refractivity contribution is -0.141. The highest BCUT2D eigenvalue weighted by molar-refractivity contribution is 5.89. The first-order valence-corrected chi connectivity index (χ1v) is 16.2. The first-order valence-electron chi connectivity index (χ1n) is 16.2. The Morgan fingerprint density at radius 3 is 2.00 bits per heavy atom. The highest BCUT2D eigenvalue weighted by Gasteiger charge is 2.29. The molecule has 4 aromatic carbocycles. The highest BCUT2D eigenvalue weighted by atomic mass is 16.5. The Morgan fingerprint density at radius 1 is 0.776 bits per heavy atom. The van der Waals surface area contributed by atoms with Crippen molar-refractivity contribution in [3.05, 3.63) is 156 Å². The van der Waals surface area contributed by atoms with Crippen LogP contribution in [0.1, 0.15) is 27.9 Å². The molecule has 2 N–H and O–H groups in total. The van der Waals surface area contributed by atoms with Gasteiger partial charge in [0.05, 0.1) is 6.33 Å². The zero-order valence-electron chi connectivity index (χ0n) is 27.5. The van der Waals surface area contributed by atoms with Crippen molar-refractivity contribution in [1.29, 1.82) is 0 Å². The molecule has 1 aromatic heterocycles. The minimum atomic E-state index is -1.03. The van der Waals surface area contributed by atoms with Crippen molar-refractivity contribution in [3.63, 3.8) is 0 Å². The molecule has 0 spiro atoms. The number of amides is 3. The monoisotopic (exact) mass is 659 g/mol. The van der Waals surface area contributed by atoms with E-state index in [4.69, 9.17) is 9.47 Å². The minimum absolute atomic E-state index is 0.0464. The first kappa shape index (κ1) is 34.4. The summed E-state index contributed by atoms with van der Waals surface area (Å²) in [5.74, 6) is 0.0293. The molecule has 0 aliphatic carbocycles. The van der Waals surface area contributed by atoms with Crippen LogP contribution in [0, 0.1) is 0 Å². The molecule has 0 aliphatic heterocycles. The van der Waals surface area contributed by atoms with E-state index in [1.807, 2.05) is 115 Å². The molecule has 0 unspecified atom stereocenters. The van der Waals surface area contributed by atoms with E-state index in [1.165, 1.54) is 11.2 Å². The van der Waals surface area contributed by atoms with E-state index in [2.05, 4.69) is 15.3 Å². The number of hydrogen-bond acceptors (Lipinski definition) is 6. The largest absolute Gasteiger partial charge is 0.489 e. The molecule has 5 rings (SSSR count). The lowest BCUT2D eigenvalue weighted by Crippen LogP contribution is -2.52. The summed E-state index contributed by atoms with van der Waals surface area (Å²) in [5, 5.41) is 2.74. The number of nitrogens with one attached hydrogen (secondary N) is 2. The van der Waals surface area contributed by atoms with Gasteiger partial charge in [0.15, 0.2) is 0 Å². The zero-order chi connectivity index (χ0) is 34.3. The van der Waals surface area contributed by atoms with Crippen LogP contribution in [-0.4, -0.2) is 63.9 Å². The molecule has 3 amide bonds. The number of imidazole rings is 1. The number of ether oxygens (including phenoxy) is 2. The number of rotatable bonds is 16. The molecule has 252 valence electrons. The van der Waals surface area contributed by atoms with Gasteiger partial charge in [-0.2, -0.15) is 0 Å². The molecule has 0 saturated carbocycles. The summed E-state index contributed by atoms with van der Waals surface area (Å²) in [7, 11) is 1.73. The topological polar surface area (TPSA) is 117 Å². The summed E-state index contributed by atoms with van der Waals surface area (Å²) in [6, 6.07) is 35.5. The Bertz CT molecular complexity index is 1730. The molecule has 0 saturated heterocycles. The Labute approximate surface area is 286 Å². The number of benzene rings is 4. The fourth-order valence-corrected chi connectivity index (χ4v) is 5.16. The average molecular weight is 660 g/mol. The first-order chi connectivity index (χ1) is 23.9. The SMILES string of the molecule is CN(CCc1ccccc1)C(=O)CN(Cc1ccc(OCc2ccccc2)cc1)C(=O)[C@H](Cc1cnc[nH]1)NC(=O)OCc1ccccc1. The van der Waals surface area contributed by atoms with Crippen LogP contribution in [0.5, 0.6) is 5.75 Å². The van der Waals surface area contributed by atoms with E-state index in [9.17, 15) is 14.4 Å². The maximum Gasteiger partial charge on any atom is 0.408 e. The van der Waals surface area contributed by atoms with Gasteiger partial charge < -0.3 is 29.6 Å². The Hall–Kier alpha value is -5.90. The summed E-state index contributed by atoms with van der Waals surface area (Å²) in [4.78, 5) is 51.0. The number of likely N-dealkylation sites (N-methyl/N-ethyl adjacent to an activating group) is 1. The van der Waals surface area contributed by atoms with Gasteiger partial charge in [-0.3, -0.25) is 9.59 Å². The van der Waals surface area contributed by atoms with E-state index in [1.54, 1.807) is 18.1 Å². The third-order valence-corrected chi connectivity index (χ3v) is 7.97. The summed E-state index contributed by atoms with van der Waals surface area (Å²) >= 11 is 0. The van der Waals surface area contributed by atoms with E-state index < -0.39 is 18.0 Å². The molecule has 5 aromatic rings. The molecule has 10 nitrogen and oxygen atoms in total. The number of hydrogen-bond donors (Lipinski definition) is 2. The zero-order valence-corrected chi connectivity index (χ0v) is 27.5. The van der Waals surface area contributed by atoms with Gasteiger partial charge in [0.1, 0.15) is 31.5 Å². The summed E-state index contributed by atoms with van der Waals surface area (Å²) < 4.78 is 11.4. The normalized spacial score (nSPS) is 11.3. The van der Waals surface area contributed by atoms with Crippen LogP contribution in [0.25, 0.3) is 0 Å². The standard InChI is InChI=1S/C39H41N5O5/c1-43(22-21-30-11-5-2-6-12-30)37(45)26-44(25-31-17-19-35(20-18-31)48-27-32-13-7-3-8-14-32)38(46)36(23-34-24-40-29-41-34)42-39(47)49-28-33-15-9-4-10-16-33/h2-20,24,29,36H,21-23,25-28H2,1H3,(H,40,41)(H,42,47)/t36-/m0/s1. The number of alkyl carbamates (subject to hydrolysis) is 1. The van der Waals surface area contributed by atoms with E-state index in [-0.39, 0.29) is 32.0 Å². The van der Waals surface area contributed by atoms with Crippen molar-refractivity contribution in [2.75, 3.05) is 20.1 Å². The second-order valence-electron chi connectivity index (χ2n) is 11.7. The Kier molecular flexibility index (Phi) is 12.6. The molecule has 0 fully saturated rings. The Morgan fingerprint density at radius 2 is 1.39 bits per heavy atom. The smallest absolute Gasteiger partial charge is 0.408 e. The van der Waals surface area contributed by atoms with Gasteiger partial charge in [0.2, 0.25) is 11.8 Å². The number of H-pyrrole nitrogens is 1. The van der Waals surface area contributed by atoms with Gasteiger partial charge in [-0.15, -0.1) is 0 Å². The van der Waals surface area contributed by atoms with Crippen molar-refractivity contribution >= 4 is 17.9 Å². The van der Waals surface area contributed by atoms with E-state index in [0.29, 0.717) is 31.0 Å². The van der Waals surface area contributed by atoms with Crippen molar-refractivity contribution in [2.24, 2.45) is 0 Å². The second-order valence-corrected chi connectivity index (χ2v) is 11.7. The van der Waals surface area contributed by atoms with Gasteiger partial charge in [-0.1, -0.05) is 103 Å². The highest BCUT2D eigenvalue weighted by Crippen LogP contribution is 2.17. The minimum Gasteiger partial charge on any atom is -0.489 e. The average Bonchev–Trinajstić information content (AvgIpc) is 3.66. The number of aromatic nitrogens is 2. The third kappa shape index (κ3) is 11.1. The fourth-order valence-electron chi connectivity index (χ4n) is 5.16. The molecular formula is C39H41N5O5. The maximum atomic E-state index is 14.3. The molecule has 49 heavy (non-hydrogen) atoms. The molecule has 1 atom stereocenters. The van der Waals surface area contributed by atoms with Crippen LogP contribution in [0.4, 0.5) is 4.79 Å². The summed E-state index contributed by atoms with van der Waals surface area (Å²) in [6.07, 6.45) is 3.17. The third-order valence-electron chi connectivity index (χ3n) is 7.97. The molecule has 10 heteroatoms. The van der Waals surface area contributed by atoms with Crippen molar-refractivity contribution in [2.45, 2.75) is 38.6 Å². The predicted molar refractivity (Wildman–Crippen MR) is 186 cm³/mol. The number of carbonyl (C=O) groups is 3. The van der Waals surface area contributed by atoms with Crippen LogP contribution in [0.2, 0.25) is 0 Å². The maximum absolute atomic E-state index is 14.3. The van der Waals surface area contributed by atoms with Crippen LogP contribution in [0.3, 0.4) is 0 Å². The van der Waals surface area contributed by atoms with Gasteiger partial charge >= 0.3 is 6.09 Å². The van der Waals surface area contributed by atoms with Gasteiger partial charge in [-0.25, -0.2) is 9.78 Å². The molecule has 0 aliphatic rings. The van der Waals surface area contributed by atoms with Crippen molar-refractivity contribution < 1.29 is 23.9 Å². The van der Waals surface area contributed by atoms with Gasteiger partial charge in [-0.05, 0) is 40.8 Å². The number of nitrogens with zero attached hydrogens (tertiary/aromatic N) is 3. The van der Waals surface area contributed by atoms with Crippen LogP contribution in [0.15, 0.2) is 128 Å². The molecular weight excluding hydrogens is 618 g/mol. The van der Waals surface area contributed by atoms with E-state index >= 15 is 0 Å². The van der Waals surface area contributed by atoms with E-state index in [0.717, 1.165) is 22.3 Å². The lowest BCUT2D eigenvalue weighted by Gasteiger charge is -2.29. The van der Waals surface area contributed by atoms with Gasteiger partial charge in [0, 0.05) is 38.4 Å². The predicted octanol–water partition coefficient (Wildman–Crippen LogP) is 5.56. The summed E-state index contributed by atoms with van der Waals surface area (Å²) in [5.41, 5.74) is 4.43. The summed E-state index contributed by atoms with van der Waals surface area (Å²) in [6.45, 7) is 0.910. The quantitative estimate of drug-likeness (QED) is 0.143. The Balaban J connectivity index is 1.30. The number of aromatic amines is 1. The fraction of sp³-hybridized carbons (Fsp3) is 0.231. The van der Waals surface area contributed by atoms with Crippen molar-refractivity contribution in [1.82, 2.24) is 25.1 Å². The molecule has 0 bridgehead atoms. The van der Waals surface area contributed by atoms with Gasteiger partial charge in [0.25, 0.3) is 0 Å². The molecule has 1 heterocycles. The molecule has 0 radical (unpaired) electrons. The van der Waals surface area contributed by atoms with Crippen LogP contribution < -0.4 is 10.1 Å². The number of carbonyl (C=O) groups excluding carboxylic acids is 3. The lowest BCUT2D eigenvalue weighted by atomic mass is 10.1. The van der Waals surface area contributed by atoms with Crippen molar-refractivity contribution in [3.8, 4) is 5.75 Å².